The van der Waals surface area contributed by atoms with E-state index in [4.69, 9.17) is 0 Å². The summed E-state index contributed by atoms with van der Waals surface area (Å²) in [5.74, 6) is 0.626. The molecule has 140 valence electrons. The van der Waals surface area contributed by atoms with Gasteiger partial charge in [0.2, 0.25) is 5.91 Å². The van der Waals surface area contributed by atoms with Gasteiger partial charge in [-0.2, -0.15) is 0 Å². The molecule has 2 N–H and O–H groups in total. The molecular formula is C23H27N3O. The fraction of sp³-hybridized carbons (Fsp3) is 0.304. The molecule has 0 spiro atoms. The summed E-state index contributed by atoms with van der Waals surface area (Å²) in [5.41, 5.74) is 5.02. The lowest BCUT2D eigenvalue weighted by molar-refractivity contribution is -0.114. The Labute approximate surface area is 161 Å². The summed E-state index contributed by atoms with van der Waals surface area (Å²) in [5, 5.41) is 7.42. The summed E-state index contributed by atoms with van der Waals surface area (Å²) >= 11 is 0. The van der Waals surface area contributed by atoms with Crippen LogP contribution < -0.4 is 10.6 Å². The number of hydrogen-bond acceptors (Lipinski definition) is 3. The van der Waals surface area contributed by atoms with E-state index in [0.29, 0.717) is 11.8 Å². The SMILES string of the molecule is CC(C)c1cccc(C(C)C)c1NC(=O)CNc1cccc2cccnc12. The van der Waals surface area contributed by atoms with Gasteiger partial charge in [-0.25, -0.2) is 0 Å². The van der Waals surface area contributed by atoms with Crippen LogP contribution in [0.15, 0.2) is 54.7 Å². The first-order valence-electron chi connectivity index (χ1n) is 9.47. The fourth-order valence-corrected chi connectivity index (χ4v) is 3.30. The topological polar surface area (TPSA) is 54.0 Å². The molecular weight excluding hydrogens is 334 g/mol. The van der Waals surface area contributed by atoms with Crippen molar-refractivity contribution in [3.05, 3.63) is 65.9 Å². The van der Waals surface area contributed by atoms with Crippen LogP contribution in [0.1, 0.15) is 50.7 Å². The molecule has 3 aromatic rings. The highest BCUT2D eigenvalue weighted by Gasteiger charge is 2.16. The zero-order valence-corrected chi connectivity index (χ0v) is 16.4. The smallest absolute Gasteiger partial charge is 0.243 e. The van der Waals surface area contributed by atoms with Crippen LogP contribution in [0.5, 0.6) is 0 Å². The molecule has 0 saturated heterocycles. The van der Waals surface area contributed by atoms with Gasteiger partial charge in [-0.3, -0.25) is 9.78 Å². The maximum atomic E-state index is 12.7. The number of carbonyl (C=O) groups is 1. The monoisotopic (exact) mass is 361 g/mol. The van der Waals surface area contributed by atoms with E-state index in [-0.39, 0.29) is 12.5 Å². The number of anilines is 2. The maximum Gasteiger partial charge on any atom is 0.243 e. The van der Waals surface area contributed by atoms with Crippen LogP contribution in [-0.4, -0.2) is 17.4 Å². The minimum atomic E-state index is -0.0575. The van der Waals surface area contributed by atoms with Crippen molar-refractivity contribution in [2.24, 2.45) is 0 Å². The van der Waals surface area contributed by atoms with Crippen LogP contribution in [0, 0.1) is 0 Å². The van der Waals surface area contributed by atoms with E-state index in [9.17, 15) is 4.79 Å². The normalized spacial score (nSPS) is 11.2. The summed E-state index contributed by atoms with van der Waals surface area (Å²) in [7, 11) is 0. The number of hydrogen-bond donors (Lipinski definition) is 2. The van der Waals surface area contributed by atoms with Crippen LogP contribution in [0.4, 0.5) is 11.4 Å². The molecule has 1 heterocycles. The van der Waals surface area contributed by atoms with Crippen LogP contribution in [0.25, 0.3) is 10.9 Å². The number of pyridine rings is 1. The number of benzene rings is 2. The van der Waals surface area contributed by atoms with Gasteiger partial charge in [-0.1, -0.05) is 64.1 Å². The van der Waals surface area contributed by atoms with Gasteiger partial charge in [0, 0.05) is 17.3 Å². The third-order valence-corrected chi connectivity index (χ3v) is 4.71. The van der Waals surface area contributed by atoms with Gasteiger partial charge in [0.1, 0.15) is 0 Å². The lowest BCUT2D eigenvalue weighted by Crippen LogP contribution is -2.23. The second-order valence-corrected chi connectivity index (χ2v) is 7.40. The largest absolute Gasteiger partial charge is 0.374 e. The Kier molecular flexibility index (Phi) is 5.75. The van der Waals surface area contributed by atoms with E-state index in [1.807, 2.05) is 30.3 Å². The Bertz CT molecular complexity index is 916. The van der Waals surface area contributed by atoms with Crippen LogP contribution >= 0.6 is 0 Å². The highest BCUT2D eigenvalue weighted by atomic mass is 16.1. The van der Waals surface area contributed by atoms with Crippen molar-refractivity contribution in [2.45, 2.75) is 39.5 Å². The predicted octanol–water partition coefficient (Wildman–Crippen LogP) is 5.53. The van der Waals surface area contributed by atoms with Gasteiger partial charge in [0.05, 0.1) is 17.7 Å². The number of para-hydroxylation sites is 2. The van der Waals surface area contributed by atoms with E-state index in [2.05, 4.69) is 61.5 Å². The summed E-state index contributed by atoms with van der Waals surface area (Å²) in [6.07, 6.45) is 1.77. The second kappa shape index (κ2) is 8.21. The zero-order chi connectivity index (χ0) is 19.4. The number of aromatic nitrogens is 1. The molecule has 0 aliphatic rings. The Balaban J connectivity index is 1.78. The first-order valence-corrected chi connectivity index (χ1v) is 9.47. The minimum Gasteiger partial charge on any atom is -0.374 e. The molecule has 0 fully saturated rings. The molecule has 27 heavy (non-hydrogen) atoms. The van der Waals surface area contributed by atoms with Crippen molar-refractivity contribution < 1.29 is 4.79 Å². The van der Waals surface area contributed by atoms with Crippen molar-refractivity contribution in [1.82, 2.24) is 4.98 Å². The van der Waals surface area contributed by atoms with Crippen molar-refractivity contribution in [2.75, 3.05) is 17.2 Å². The Morgan fingerprint density at radius 3 is 2.22 bits per heavy atom. The highest BCUT2D eigenvalue weighted by molar-refractivity contribution is 5.97. The Morgan fingerprint density at radius 2 is 1.56 bits per heavy atom. The molecule has 4 nitrogen and oxygen atoms in total. The molecule has 2 aromatic carbocycles. The first-order chi connectivity index (χ1) is 13.0. The highest BCUT2D eigenvalue weighted by Crippen LogP contribution is 2.32. The second-order valence-electron chi connectivity index (χ2n) is 7.40. The van der Waals surface area contributed by atoms with Crippen LogP contribution in [-0.2, 0) is 4.79 Å². The van der Waals surface area contributed by atoms with Crippen molar-refractivity contribution in [3.63, 3.8) is 0 Å². The quantitative estimate of drug-likeness (QED) is 0.607. The van der Waals surface area contributed by atoms with E-state index in [0.717, 1.165) is 22.3 Å². The van der Waals surface area contributed by atoms with Crippen molar-refractivity contribution in [1.29, 1.82) is 0 Å². The molecule has 0 aliphatic heterocycles. The third-order valence-electron chi connectivity index (χ3n) is 4.71. The van der Waals surface area contributed by atoms with Gasteiger partial charge in [0.15, 0.2) is 0 Å². The van der Waals surface area contributed by atoms with Crippen LogP contribution in [0.3, 0.4) is 0 Å². The molecule has 4 heteroatoms. The predicted molar refractivity (Wildman–Crippen MR) is 113 cm³/mol. The summed E-state index contributed by atoms with van der Waals surface area (Å²) in [6, 6.07) is 16.1. The minimum absolute atomic E-state index is 0.0575. The number of rotatable bonds is 6. The number of nitrogens with one attached hydrogen (secondary N) is 2. The lowest BCUT2D eigenvalue weighted by atomic mass is 9.92. The van der Waals surface area contributed by atoms with Gasteiger partial charge < -0.3 is 10.6 Å². The van der Waals surface area contributed by atoms with E-state index >= 15 is 0 Å². The number of fused-ring (bicyclic) bond motifs is 1. The molecule has 1 amide bonds. The molecule has 1 aromatic heterocycles. The average molecular weight is 361 g/mol. The van der Waals surface area contributed by atoms with Crippen molar-refractivity contribution >= 4 is 28.2 Å². The molecule has 0 bridgehead atoms. The molecule has 3 rings (SSSR count). The standard InChI is InChI=1S/C23H27N3O/c1-15(2)18-10-6-11-19(16(3)4)23(18)26-21(27)14-25-20-12-5-8-17-9-7-13-24-22(17)20/h5-13,15-16,25H,14H2,1-4H3,(H,26,27). The Morgan fingerprint density at radius 1 is 0.926 bits per heavy atom. The van der Waals surface area contributed by atoms with E-state index in [1.165, 1.54) is 11.1 Å². The maximum absolute atomic E-state index is 12.7. The molecule has 0 aliphatic carbocycles. The molecule has 0 saturated carbocycles. The summed E-state index contributed by atoms with van der Waals surface area (Å²) in [6.45, 7) is 8.79. The van der Waals surface area contributed by atoms with E-state index < -0.39 is 0 Å². The molecule has 0 unspecified atom stereocenters. The Hall–Kier alpha value is -2.88. The molecule has 0 atom stereocenters. The van der Waals surface area contributed by atoms with Gasteiger partial charge in [0.25, 0.3) is 0 Å². The molecule has 0 radical (unpaired) electrons. The zero-order valence-electron chi connectivity index (χ0n) is 16.4. The third kappa shape index (κ3) is 4.27. The summed E-state index contributed by atoms with van der Waals surface area (Å²) in [4.78, 5) is 17.1. The number of amides is 1. The van der Waals surface area contributed by atoms with Gasteiger partial charge >= 0.3 is 0 Å². The van der Waals surface area contributed by atoms with Crippen LogP contribution in [0.2, 0.25) is 0 Å². The number of nitrogens with zero attached hydrogens (tertiary/aromatic N) is 1. The lowest BCUT2D eigenvalue weighted by Gasteiger charge is -2.20. The van der Waals surface area contributed by atoms with Gasteiger partial charge in [-0.05, 0) is 35.1 Å². The summed E-state index contributed by atoms with van der Waals surface area (Å²) < 4.78 is 0. The number of carbonyl (C=O) groups excluding carboxylic acids is 1. The average Bonchev–Trinajstić information content (AvgIpc) is 2.66. The van der Waals surface area contributed by atoms with Crippen molar-refractivity contribution in [3.8, 4) is 0 Å². The first kappa shape index (κ1) is 18.9. The fourth-order valence-electron chi connectivity index (χ4n) is 3.30. The van der Waals surface area contributed by atoms with E-state index in [1.54, 1.807) is 6.20 Å². The van der Waals surface area contributed by atoms with Gasteiger partial charge in [-0.15, -0.1) is 0 Å².